The minimum Gasteiger partial charge on any atom is -0.354 e. The topological polar surface area (TPSA) is 71.1 Å². The summed E-state index contributed by atoms with van der Waals surface area (Å²) in [6, 6.07) is 13.4. The van der Waals surface area contributed by atoms with Crippen molar-refractivity contribution in [2.24, 2.45) is 0 Å². The van der Waals surface area contributed by atoms with E-state index in [4.69, 9.17) is 0 Å². The number of benzene rings is 1. The summed E-state index contributed by atoms with van der Waals surface area (Å²) in [4.78, 5) is 28.6. The Balaban J connectivity index is 1.90. The molecule has 0 atom stereocenters. The highest BCUT2D eigenvalue weighted by molar-refractivity contribution is 5.98. The summed E-state index contributed by atoms with van der Waals surface area (Å²) in [6.45, 7) is 0. The van der Waals surface area contributed by atoms with Gasteiger partial charge in [0.05, 0.1) is 0 Å². The number of pyridine rings is 1. The molecule has 2 N–H and O–H groups in total. The Bertz CT molecular complexity index is 724. The van der Waals surface area contributed by atoms with E-state index >= 15 is 0 Å². The van der Waals surface area contributed by atoms with Crippen LogP contribution >= 0.6 is 0 Å². The standard InChI is InChI=1S/C18H19N3O2/c1-19-18(23)16-11-13(17(22)21-14-7-8-14)10-15(20-16)9-12-5-3-2-4-6-12/h2-6,10-11,14H,7-9H2,1H3,(H,19,23)(H,21,22). The third-order valence-corrected chi connectivity index (χ3v) is 3.74. The lowest BCUT2D eigenvalue weighted by Gasteiger charge is -2.09. The fourth-order valence-electron chi connectivity index (χ4n) is 2.36. The molecule has 5 heteroatoms. The second kappa shape index (κ2) is 6.60. The van der Waals surface area contributed by atoms with Crippen LogP contribution in [0.3, 0.4) is 0 Å². The maximum Gasteiger partial charge on any atom is 0.269 e. The van der Waals surface area contributed by atoms with Gasteiger partial charge in [0, 0.05) is 30.8 Å². The van der Waals surface area contributed by atoms with Crippen LogP contribution in [0.4, 0.5) is 0 Å². The van der Waals surface area contributed by atoms with E-state index in [1.165, 1.54) is 0 Å². The zero-order valence-corrected chi connectivity index (χ0v) is 13.0. The van der Waals surface area contributed by atoms with Gasteiger partial charge >= 0.3 is 0 Å². The van der Waals surface area contributed by atoms with Crippen LogP contribution in [-0.2, 0) is 6.42 Å². The van der Waals surface area contributed by atoms with Gasteiger partial charge in [-0.05, 0) is 30.5 Å². The minimum absolute atomic E-state index is 0.144. The maximum atomic E-state index is 12.3. The lowest BCUT2D eigenvalue weighted by Crippen LogP contribution is -2.27. The molecule has 1 aromatic carbocycles. The summed E-state index contributed by atoms with van der Waals surface area (Å²) < 4.78 is 0. The molecule has 3 rings (SSSR count). The third-order valence-electron chi connectivity index (χ3n) is 3.74. The van der Waals surface area contributed by atoms with Gasteiger partial charge in [0.1, 0.15) is 5.69 Å². The monoisotopic (exact) mass is 309 g/mol. The molecule has 5 nitrogen and oxygen atoms in total. The predicted molar refractivity (Wildman–Crippen MR) is 87.4 cm³/mol. The first kappa shape index (κ1) is 15.2. The van der Waals surface area contributed by atoms with Crippen molar-refractivity contribution in [2.75, 3.05) is 7.05 Å². The number of aromatic nitrogens is 1. The van der Waals surface area contributed by atoms with Crippen molar-refractivity contribution in [1.82, 2.24) is 15.6 Å². The highest BCUT2D eigenvalue weighted by atomic mass is 16.2. The second-order valence-electron chi connectivity index (χ2n) is 5.72. The minimum atomic E-state index is -0.291. The number of nitrogens with zero attached hydrogens (tertiary/aromatic N) is 1. The molecule has 1 aromatic heterocycles. The van der Waals surface area contributed by atoms with E-state index in [2.05, 4.69) is 15.6 Å². The van der Waals surface area contributed by atoms with Gasteiger partial charge in [0.25, 0.3) is 11.8 Å². The van der Waals surface area contributed by atoms with Gasteiger partial charge in [-0.1, -0.05) is 30.3 Å². The van der Waals surface area contributed by atoms with Gasteiger partial charge < -0.3 is 10.6 Å². The largest absolute Gasteiger partial charge is 0.354 e. The van der Waals surface area contributed by atoms with Gasteiger partial charge in [-0.2, -0.15) is 0 Å². The van der Waals surface area contributed by atoms with E-state index < -0.39 is 0 Å². The molecule has 23 heavy (non-hydrogen) atoms. The first-order chi connectivity index (χ1) is 11.2. The molecule has 2 amide bonds. The molecule has 0 saturated heterocycles. The quantitative estimate of drug-likeness (QED) is 0.886. The highest BCUT2D eigenvalue weighted by Gasteiger charge is 2.24. The van der Waals surface area contributed by atoms with Crippen molar-refractivity contribution in [3.63, 3.8) is 0 Å². The Morgan fingerprint density at radius 2 is 1.87 bits per heavy atom. The fourth-order valence-corrected chi connectivity index (χ4v) is 2.36. The van der Waals surface area contributed by atoms with Crippen LogP contribution in [0.2, 0.25) is 0 Å². The Kier molecular flexibility index (Phi) is 4.37. The van der Waals surface area contributed by atoms with Crippen molar-refractivity contribution in [3.05, 3.63) is 65.0 Å². The van der Waals surface area contributed by atoms with Crippen LogP contribution in [0, 0.1) is 0 Å². The van der Waals surface area contributed by atoms with Crippen molar-refractivity contribution >= 4 is 11.8 Å². The molecule has 1 heterocycles. The van der Waals surface area contributed by atoms with Gasteiger partial charge in [-0.25, -0.2) is 4.98 Å². The van der Waals surface area contributed by atoms with Gasteiger partial charge in [0.15, 0.2) is 0 Å². The first-order valence-electron chi connectivity index (χ1n) is 7.73. The number of carbonyl (C=O) groups excluding carboxylic acids is 2. The second-order valence-corrected chi connectivity index (χ2v) is 5.72. The normalized spacial score (nSPS) is 13.4. The van der Waals surface area contributed by atoms with Crippen LogP contribution in [0.25, 0.3) is 0 Å². The van der Waals surface area contributed by atoms with Crippen LogP contribution in [0.5, 0.6) is 0 Å². The number of rotatable bonds is 5. The summed E-state index contributed by atoms with van der Waals surface area (Å²) in [5, 5.41) is 5.51. The molecule has 0 aliphatic heterocycles. The van der Waals surface area contributed by atoms with Crippen molar-refractivity contribution in [2.45, 2.75) is 25.3 Å². The molecule has 1 fully saturated rings. The first-order valence-corrected chi connectivity index (χ1v) is 7.73. The summed E-state index contributed by atoms with van der Waals surface area (Å²) in [5.41, 5.74) is 2.54. The molecule has 0 bridgehead atoms. The molecule has 1 aliphatic carbocycles. The fraction of sp³-hybridized carbons (Fsp3) is 0.278. The maximum absolute atomic E-state index is 12.3. The molecular weight excluding hydrogens is 290 g/mol. The van der Waals surface area contributed by atoms with Gasteiger partial charge in [-0.15, -0.1) is 0 Å². The zero-order valence-electron chi connectivity index (χ0n) is 13.0. The average Bonchev–Trinajstić information content (AvgIpc) is 3.38. The van der Waals surface area contributed by atoms with E-state index in [-0.39, 0.29) is 23.6 Å². The summed E-state index contributed by atoms with van der Waals surface area (Å²) >= 11 is 0. The number of hydrogen-bond acceptors (Lipinski definition) is 3. The zero-order chi connectivity index (χ0) is 16.2. The number of amides is 2. The van der Waals surface area contributed by atoms with Crippen LogP contribution in [-0.4, -0.2) is 29.9 Å². The van der Waals surface area contributed by atoms with E-state index in [1.807, 2.05) is 30.3 Å². The predicted octanol–water partition coefficient (Wildman–Crippen LogP) is 1.92. The van der Waals surface area contributed by atoms with Gasteiger partial charge in [-0.3, -0.25) is 9.59 Å². The third kappa shape index (κ3) is 3.94. The van der Waals surface area contributed by atoms with Crippen molar-refractivity contribution in [1.29, 1.82) is 0 Å². The SMILES string of the molecule is CNC(=O)c1cc(C(=O)NC2CC2)cc(Cc2ccccc2)n1. The smallest absolute Gasteiger partial charge is 0.269 e. The van der Waals surface area contributed by atoms with E-state index in [9.17, 15) is 9.59 Å². The molecule has 118 valence electrons. The van der Waals surface area contributed by atoms with E-state index in [0.717, 1.165) is 18.4 Å². The van der Waals surface area contributed by atoms with Crippen molar-refractivity contribution in [3.8, 4) is 0 Å². The van der Waals surface area contributed by atoms with Crippen LogP contribution in [0.1, 0.15) is 44.9 Å². The van der Waals surface area contributed by atoms with Crippen LogP contribution in [0.15, 0.2) is 42.5 Å². The number of hydrogen-bond donors (Lipinski definition) is 2. The van der Waals surface area contributed by atoms with Crippen molar-refractivity contribution < 1.29 is 9.59 Å². The lowest BCUT2D eigenvalue weighted by molar-refractivity contribution is 0.0951. The molecule has 0 unspecified atom stereocenters. The Morgan fingerprint density at radius 1 is 1.13 bits per heavy atom. The van der Waals surface area contributed by atoms with E-state index in [0.29, 0.717) is 17.7 Å². The summed E-state index contributed by atoms with van der Waals surface area (Å²) in [7, 11) is 1.55. The molecular formula is C18H19N3O2. The summed E-state index contributed by atoms with van der Waals surface area (Å²) in [6.07, 6.45) is 2.63. The number of carbonyl (C=O) groups is 2. The highest BCUT2D eigenvalue weighted by Crippen LogP contribution is 2.20. The van der Waals surface area contributed by atoms with E-state index in [1.54, 1.807) is 19.2 Å². The Hall–Kier alpha value is -2.69. The Labute approximate surface area is 135 Å². The lowest BCUT2D eigenvalue weighted by atomic mass is 10.1. The van der Waals surface area contributed by atoms with Gasteiger partial charge in [0.2, 0.25) is 0 Å². The Morgan fingerprint density at radius 3 is 2.52 bits per heavy atom. The summed E-state index contributed by atoms with van der Waals surface area (Å²) in [5.74, 6) is -0.435. The average molecular weight is 309 g/mol. The molecule has 0 spiro atoms. The molecule has 2 aromatic rings. The molecule has 0 radical (unpaired) electrons. The molecule has 1 saturated carbocycles. The van der Waals surface area contributed by atoms with Crippen LogP contribution < -0.4 is 10.6 Å². The number of nitrogens with one attached hydrogen (secondary N) is 2. The molecule has 1 aliphatic rings.